The Kier molecular flexibility index (Phi) is 6.51. The van der Waals surface area contributed by atoms with Crippen molar-refractivity contribution in [3.8, 4) is 21.7 Å². The molecule has 0 bridgehead atoms. The van der Waals surface area contributed by atoms with Crippen molar-refractivity contribution in [1.82, 2.24) is 15.0 Å². The van der Waals surface area contributed by atoms with Crippen molar-refractivity contribution in [2.24, 2.45) is 5.73 Å². The summed E-state index contributed by atoms with van der Waals surface area (Å²) in [6.45, 7) is 5.47. The second-order valence-corrected chi connectivity index (χ2v) is 9.94. The van der Waals surface area contributed by atoms with Crippen LogP contribution in [0.5, 0.6) is 0 Å². The van der Waals surface area contributed by atoms with Gasteiger partial charge in [0.15, 0.2) is 5.82 Å². The summed E-state index contributed by atoms with van der Waals surface area (Å²) < 4.78 is 34.8. The molecule has 2 N–H and O–H groups in total. The summed E-state index contributed by atoms with van der Waals surface area (Å²) in [6, 6.07) is 8.82. The quantitative estimate of drug-likeness (QED) is 0.233. The van der Waals surface area contributed by atoms with Crippen LogP contribution >= 0.6 is 22.9 Å². The van der Waals surface area contributed by atoms with Crippen molar-refractivity contribution in [3.05, 3.63) is 65.3 Å². The van der Waals surface area contributed by atoms with Gasteiger partial charge in [0.1, 0.15) is 11.3 Å². The molecule has 4 rings (SSSR count). The molecule has 1 unspecified atom stereocenters. The molecule has 0 spiro atoms. The highest BCUT2D eigenvalue weighted by molar-refractivity contribution is 7.22. The maximum absolute atomic E-state index is 14.4. The second-order valence-electron chi connectivity index (χ2n) is 8.55. The van der Waals surface area contributed by atoms with Crippen molar-refractivity contribution in [2.45, 2.75) is 38.7 Å². The molecule has 0 saturated heterocycles. The number of hydrogen-bond acceptors (Lipinski definition) is 6. The minimum Gasteiger partial charge on any atom is -0.444 e. The lowest BCUT2D eigenvalue weighted by atomic mass is 9.86. The minimum absolute atomic E-state index is 0.0535. The summed E-state index contributed by atoms with van der Waals surface area (Å²) in [5, 5.41) is 0.794. The van der Waals surface area contributed by atoms with E-state index in [0.29, 0.717) is 16.9 Å². The van der Waals surface area contributed by atoms with Gasteiger partial charge in [-0.3, -0.25) is 0 Å². The average molecular weight is 503 g/mol. The van der Waals surface area contributed by atoms with Gasteiger partial charge in [-0.1, -0.05) is 25.1 Å². The standard InChI is InChI=1S/C24H21ClF2N4O2S/c1-12(9-24(2,3)33-23(28)32)16-10-29-19(27)8-15(16)14-6-4-5-13-7-18(34-21(13)14)20-17(26)11-30-22(25)31-20/h4-8,10-12H,9H2,1-3H3,(H2,28,32). The maximum atomic E-state index is 14.4. The number of fused-ring (bicyclic) bond motifs is 1. The number of carbonyl (C=O) groups excluding carboxylic acids is 1. The average Bonchev–Trinajstić information content (AvgIpc) is 3.18. The molecular formula is C24H21ClF2N4O2S. The van der Waals surface area contributed by atoms with Crippen LogP contribution < -0.4 is 5.73 Å². The Hall–Kier alpha value is -3.17. The monoisotopic (exact) mass is 502 g/mol. The fraction of sp³-hybridized carbons (Fsp3) is 0.250. The Balaban J connectivity index is 1.82. The van der Waals surface area contributed by atoms with E-state index >= 15 is 0 Å². The molecule has 10 heteroatoms. The van der Waals surface area contributed by atoms with Gasteiger partial charge in [-0.2, -0.15) is 4.39 Å². The van der Waals surface area contributed by atoms with Crippen LogP contribution in [-0.4, -0.2) is 26.6 Å². The zero-order chi connectivity index (χ0) is 24.6. The topological polar surface area (TPSA) is 91.0 Å². The Morgan fingerprint density at radius 1 is 1.21 bits per heavy atom. The number of rotatable bonds is 6. The molecule has 3 aromatic heterocycles. The number of amides is 1. The molecular weight excluding hydrogens is 482 g/mol. The number of thiophene rings is 1. The van der Waals surface area contributed by atoms with Gasteiger partial charge < -0.3 is 10.5 Å². The zero-order valence-electron chi connectivity index (χ0n) is 18.6. The maximum Gasteiger partial charge on any atom is 0.405 e. The van der Waals surface area contributed by atoms with Crippen LogP contribution in [0.25, 0.3) is 31.8 Å². The predicted molar refractivity (Wildman–Crippen MR) is 129 cm³/mol. The van der Waals surface area contributed by atoms with Crippen molar-refractivity contribution in [3.63, 3.8) is 0 Å². The van der Waals surface area contributed by atoms with E-state index in [1.54, 1.807) is 13.8 Å². The summed E-state index contributed by atoms with van der Waals surface area (Å²) in [4.78, 5) is 23.4. The predicted octanol–water partition coefficient (Wildman–Crippen LogP) is 6.72. The van der Waals surface area contributed by atoms with Gasteiger partial charge >= 0.3 is 6.09 Å². The summed E-state index contributed by atoms with van der Waals surface area (Å²) in [7, 11) is 0. The minimum atomic E-state index is -0.859. The van der Waals surface area contributed by atoms with Crippen LogP contribution in [0.3, 0.4) is 0 Å². The highest BCUT2D eigenvalue weighted by Gasteiger charge is 2.27. The zero-order valence-corrected chi connectivity index (χ0v) is 20.2. The molecule has 0 aliphatic rings. The number of pyridine rings is 1. The lowest BCUT2D eigenvalue weighted by Gasteiger charge is -2.28. The summed E-state index contributed by atoms with van der Waals surface area (Å²) in [6.07, 6.45) is 2.10. The van der Waals surface area contributed by atoms with Crippen LogP contribution in [0, 0.1) is 11.8 Å². The third-order valence-corrected chi connectivity index (χ3v) is 6.76. The van der Waals surface area contributed by atoms with E-state index in [0.717, 1.165) is 27.4 Å². The fourth-order valence-corrected chi connectivity index (χ4v) is 5.45. The van der Waals surface area contributed by atoms with E-state index < -0.39 is 23.5 Å². The van der Waals surface area contributed by atoms with Gasteiger partial charge in [0, 0.05) is 22.5 Å². The van der Waals surface area contributed by atoms with E-state index in [4.69, 9.17) is 22.1 Å². The Bertz CT molecular complexity index is 1390. The lowest BCUT2D eigenvalue weighted by molar-refractivity contribution is 0.0349. The summed E-state index contributed by atoms with van der Waals surface area (Å²) in [5.74, 6) is -1.36. The van der Waals surface area contributed by atoms with Gasteiger partial charge in [-0.25, -0.2) is 24.1 Å². The molecule has 0 saturated carbocycles. The number of benzene rings is 1. The Morgan fingerprint density at radius 3 is 2.71 bits per heavy atom. The van der Waals surface area contributed by atoms with Gasteiger partial charge in [-0.05, 0) is 60.4 Å². The molecule has 176 valence electrons. The van der Waals surface area contributed by atoms with E-state index in [1.807, 2.05) is 31.2 Å². The molecule has 6 nitrogen and oxygen atoms in total. The van der Waals surface area contributed by atoms with Crippen molar-refractivity contribution in [2.75, 3.05) is 0 Å². The first-order chi connectivity index (χ1) is 16.0. The van der Waals surface area contributed by atoms with Crippen molar-refractivity contribution < 1.29 is 18.3 Å². The lowest BCUT2D eigenvalue weighted by Crippen LogP contribution is -2.32. The summed E-state index contributed by atoms with van der Waals surface area (Å²) >= 11 is 7.20. The first-order valence-electron chi connectivity index (χ1n) is 10.4. The number of nitrogens with zero attached hydrogens (tertiary/aromatic N) is 3. The number of ether oxygens (including phenoxy) is 1. The number of hydrogen-bond donors (Lipinski definition) is 1. The molecule has 1 atom stereocenters. The molecule has 0 aliphatic carbocycles. The van der Waals surface area contributed by atoms with Crippen LogP contribution in [-0.2, 0) is 4.74 Å². The van der Waals surface area contributed by atoms with Crippen LogP contribution in [0.15, 0.2) is 42.7 Å². The number of carbonyl (C=O) groups is 1. The van der Waals surface area contributed by atoms with Gasteiger partial charge in [0.2, 0.25) is 11.2 Å². The highest BCUT2D eigenvalue weighted by Crippen LogP contribution is 2.42. The first kappa shape index (κ1) is 24.0. The SMILES string of the molecule is CC(CC(C)(C)OC(N)=O)c1cnc(F)cc1-c1cccc2cc(-c3nc(Cl)ncc3F)sc12. The van der Waals surface area contributed by atoms with Crippen molar-refractivity contribution in [1.29, 1.82) is 0 Å². The second kappa shape index (κ2) is 9.23. The fourth-order valence-electron chi connectivity index (χ4n) is 4.14. The molecule has 0 fully saturated rings. The van der Waals surface area contributed by atoms with E-state index in [2.05, 4.69) is 15.0 Å². The molecule has 1 amide bonds. The Morgan fingerprint density at radius 2 is 1.97 bits per heavy atom. The van der Waals surface area contributed by atoms with E-state index in [9.17, 15) is 13.6 Å². The van der Waals surface area contributed by atoms with Crippen LogP contribution in [0.1, 0.15) is 38.7 Å². The summed E-state index contributed by atoms with van der Waals surface area (Å²) in [5.41, 5.74) is 6.67. The van der Waals surface area contributed by atoms with E-state index in [1.165, 1.54) is 23.6 Å². The third-order valence-electron chi connectivity index (χ3n) is 5.39. The highest BCUT2D eigenvalue weighted by atomic mass is 35.5. The molecule has 0 aliphatic heterocycles. The number of aromatic nitrogens is 3. The van der Waals surface area contributed by atoms with Gasteiger partial charge in [0.05, 0.1) is 11.1 Å². The van der Waals surface area contributed by atoms with Crippen LogP contribution in [0.2, 0.25) is 5.28 Å². The molecule has 0 radical (unpaired) electrons. The van der Waals surface area contributed by atoms with Crippen LogP contribution in [0.4, 0.5) is 13.6 Å². The Labute approximate surface area is 203 Å². The number of primary amides is 1. The third kappa shape index (κ3) is 5.00. The number of nitrogens with two attached hydrogens (primary N) is 1. The smallest absolute Gasteiger partial charge is 0.405 e. The first-order valence-corrected chi connectivity index (χ1v) is 11.6. The molecule has 3 heterocycles. The van der Waals surface area contributed by atoms with E-state index in [-0.39, 0.29) is 16.9 Å². The molecule has 4 aromatic rings. The van der Waals surface area contributed by atoms with Gasteiger partial charge in [-0.15, -0.1) is 11.3 Å². The largest absolute Gasteiger partial charge is 0.444 e. The van der Waals surface area contributed by atoms with Gasteiger partial charge in [0.25, 0.3) is 0 Å². The normalized spacial score (nSPS) is 12.6. The number of halogens is 3. The molecule has 34 heavy (non-hydrogen) atoms. The molecule has 1 aromatic carbocycles. The van der Waals surface area contributed by atoms with Crippen molar-refractivity contribution >= 4 is 39.1 Å².